The number of benzene rings is 2. The Bertz CT molecular complexity index is 783. The number of nitrogens with zero attached hydrogens (tertiary/aromatic N) is 1. The predicted octanol–water partition coefficient (Wildman–Crippen LogP) is 3.45. The van der Waals surface area contributed by atoms with Crippen molar-refractivity contribution in [3.8, 4) is 17.2 Å². The first kappa shape index (κ1) is 21.3. The molecule has 1 unspecified atom stereocenters. The van der Waals surface area contributed by atoms with Gasteiger partial charge in [-0.25, -0.2) is 9.38 Å². The SMILES string of the molecule is CCNC(=NCc1ccc(OC)c(O)c1)NCC(CC)Oc1cccc(F)c1. The molecule has 0 heterocycles. The summed E-state index contributed by atoms with van der Waals surface area (Å²) >= 11 is 0. The van der Waals surface area contributed by atoms with E-state index in [4.69, 9.17) is 9.47 Å². The van der Waals surface area contributed by atoms with Crippen molar-refractivity contribution in [2.24, 2.45) is 4.99 Å². The highest BCUT2D eigenvalue weighted by Gasteiger charge is 2.10. The van der Waals surface area contributed by atoms with Gasteiger partial charge in [-0.15, -0.1) is 0 Å². The molecule has 0 saturated carbocycles. The third-order valence-electron chi connectivity index (χ3n) is 4.06. The number of rotatable bonds is 9. The first-order valence-corrected chi connectivity index (χ1v) is 9.36. The summed E-state index contributed by atoms with van der Waals surface area (Å²) in [4.78, 5) is 4.53. The fraction of sp³-hybridized carbons (Fsp3) is 0.381. The maximum absolute atomic E-state index is 13.3. The number of nitrogens with one attached hydrogen (secondary N) is 2. The molecule has 0 fully saturated rings. The highest BCUT2D eigenvalue weighted by molar-refractivity contribution is 5.79. The summed E-state index contributed by atoms with van der Waals surface area (Å²) in [5.41, 5.74) is 0.860. The fourth-order valence-electron chi connectivity index (χ4n) is 2.56. The first-order chi connectivity index (χ1) is 13.5. The number of phenols is 1. The highest BCUT2D eigenvalue weighted by atomic mass is 19.1. The molecule has 0 radical (unpaired) electrons. The molecule has 0 bridgehead atoms. The molecular weight excluding hydrogens is 361 g/mol. The van der Waals surface area contributed by atoms with Crippen LogP contribution in [0.1, 0.15) is 25.8 Å². The zero-order valence-electron chi connectivity index (χ0n) is 16.5. The number of hydrogen-bond acceptors (Lipinski definition) is 4. The van der Waals surface area contributed by atoms with Crippen molar-refractivity contribution < 1.29 is 19.0 Å². The minimum atomic E-state index is -0.321. The van der Waals surface area contributed by atoms with Crippen molar-refractivity contribution in [1.82, 2.24) is 10.6 Å². The van der Waals surface area contributed by atoms with Crippen LogP contribution in [-0.2, 0) is 6.54 Å². The second-order valence-corrected chi connectivity index (χ2v) is 6.19. The normalized spacial score (nSPS) is 12.4. The Kier molecular flexibility index (Phi) is 8.39. The zero-order chi connectivity index (χ0) is 20.4. The molecule has 6 nitrogen and oxygen atoms in total. The lowest BCUT2D eigenvalue weighted by atomic mass is 10.2. The second kappa shape index (κ2) is 11.0. The van der Waals surface area contributed by atoms with Gasteiger partial charge in [0, 0.05) is 12.6 Å². The standard InChI is InChI=1S/C21H28FN3O3/c1-4-17(28-18-8-6-7-16(22)12-18)14-25-21(23-5-2)24-13-15-9-10-20(27-3)19(26)11-15/h6-12,17,26H,4-5,13-14H2,1-3H3,(H2,23,24,25). The average molecular weight is 389 g/mol. The molecule has 152 valence electrons. The van der Waals surface area contributed by atoms with Gasteiger partial charge in [-0.05, 0) is 43.2 Å². The Hall–Kier alpha value is -2.96. The molecule has 2 aromatic carbocycles. The van der Waals surface area contributed by atoms with E-state index in [0.717, 1.165) is 12.0 Å². The van der Waals surface area contributed by atoms with Crippen LogP contribution >= 0.6 is 0 Å². The summed E-state index contributed by atoms with van der Waals surface area (Å²) in [5, 5.41) is 16.3. The van der Waals surface area contributed by atoms with Crippen molar-refractivity contribution in [3.05, 3.63) is 53.8 Å². The minimum Gasteiger partial charge on any atom is -0.504 e. The Balaban J connectivity index is 1.96. The van der Waals surface area contributed by atoms with Gasteiger partial charge in [0.25, 0.3) is 0 Å². The maximum atomic E-state index is 13.3. The second-order valence-electron chi connectivity index (χ2n) is 6.19. The molecule has 2 rings (SSSR count). The Morgan fingerprint density at radius 1 is 1.18 bits per heavy atom. The molecule has 28 heavy (non-hydrogen) atoms. The quantitative estimate of drug-likeness (QED) is 0.452. The Labute approximate surface area is 165 Å². The van der Waals surface area contributed by atoms with Gasteiger partial charge in [-0.2, -0.15) is 0 Å². The Morgan fingerprint density at radius 3 is 2.64 bits per heavy atom. The summed E-state index contributed by atoms with van der Waals surface area (Å²) in [6.07, 6.45) is 0.630. The van der Waals surface area contributed by atoms with Gasteiger partial charge in [-0.3, -0.25) is 0 Å². The van der Waals surface area contributed by atoms with Gasteiger partial charge in [0.2, 0.25) is 0 Å². The molecule has 1 atom stereocenters. The number of aliphatic imine (C=N–C) groups is 1. The molecule has 3 N–H and O–H groups in total. The van der Waals surface area contributed by atoms with Crippen LogP contribution in [0.25, 0.3) is 0 Å². The van der Waals surface area contributed by atoms with E-state index >= 15 is 0 Å². The van der Waals surface area contributed by atoms with Crippen LogP contribution in [0.15, 0.2) is 47.5 Å². The van der Waals surface area contributed by atoms with E-state index in [2.05, 4.69) is 15.6 Å². The van der Waals surface area contributed by atoms with Crippen LogP contribution in [0.3, 0.4) is 0 Å². The number of guanidine groups is 1. The van der Waals surface area contributed by atoms with Crippen molar-refractivity contribution >= 4 is 5.96 Å². The van der Waals surface area contributed by atoms with E-state index in [0.29, 0.717) is 37.1 Å². The molecule has 0 aliphatic heterocycles. The lowest BCUT2D eigenvalue weighted by Gasteiger charge is -2.20. The summed E-state index contributed by atoms with van der Waals surface area (Å²) in [6.45, 7) is 5.62. The summed E-state index contributed by atoms with van der Waals surface area (Å²) in [5.74, 6) is 1.34. The summed E-state index contributed by atoms with van der Waals surface area (Å²) < 4.78 is 24.2. The molecule has 0 aliphatic rings. The first-order valence-electron chi connectivity index (χ1n) is 9.36. The van der Waals surface area contributed by atoms with Crippen molar-refractivity contribution in [2.75, 3.05) is 20.2 Å². The molecule has 0 amide bonds. The smallest absolute Gasteiger partial charge is 0.191 e. The van der Waals surface area contributed by atoms with E-state index in [-0.39, 0.29) is 17.7 Å². The third kappa shape index (κ3) is 6.64. The predicted molar refractivity (Wildman–Crippen MR) is 109 cm³/mol. The van der Waals surface area contributed by atoms with E-state index in [1.807, 2.05) is 19.9 Å². The van der Waals surface area contributed by atoms with E-state index in [1.54, 1.807) is 24.3 Å². The zero-order valence-corrected chi connectivity index (χ0v) is 16.5. The van der Waals surface area contributed by atoms with Gasteiger partial charge in [0.05, 0.1) is 20.2 Å². The van der Waals surface area contributed by atoms with Crippen LogP contribution in [0.5, 0.6) is 17.2 Å². The lowest BCUT2D eigenvalue weighted by molar-refractivity contribution is 0.198. The Morgan fingerprint density at radius 2 is 2.00 bits per heavy atom. The van der Waals surface area contributed by atoms with Gasteiger partial charge in [0.1, 0.15) is 17.7 Å². The van der Waals surface area contributed by atoms with Crippen LogP contribution in [0, 0.1) is 5.82 Å². The molecule has 2 aromatic rings. The number of hydrogen-bond donors (Lipinski definition) is 3. The van der Waals surface area contributed by atoms with Gasteiger partial charge < -0.3 is 25.2 Å². The fourth-order valence-corrected chi connectivity index (χ4v) is 2.56. The number of aromatic hydroxyl groups is 1. The summed E-state index contributed by atoms with van der Waals surface area (Å²) in [6, 6.07) is 11.3. The molecular formula is C21H28FN3O3. The number of halogens is 1. The van der Waals surface area contributed by atoms with Crippen molar-refractivity contribution in [3.63, 3.8) is 0 Å². The van der Waals surface area contributed by atoms with Crippen LogP contribution in [0.4, 0.5) is 4.39 Å². The van der Waals surface area contributed by atoms with Crippen molar-refractivity contribution in [2.45, 2.75) is 32.9 Å². The van der Waals surface area contributed by atoms with E-state index in [1.165, 1.54) is 19.2 Å². The maximum Gasteiger partial charge on any atom is 0.191 e. The molecule has 0 saturated heterocycles. The van der Waals surface area contributed by atoms with E-state index in [9.17, 15) is 9.50 Å². The van der Waals surface area contributed by atoms with Crippen LogP contribution < -0.4 is 20.1 Å². The number of phenolic OH excluding ortho intramolecular Hbond substituents is 1. The topological polar surface area (TPSA) is 75.1 Å². The summed E-state index contributed by atoms with van der Waals surface area (Å²) in [7, 11) is 1.51. The molecule has 0 aliphatic carbocycles. The van der Waals surface area contributed by atoms with Crippen LogP contribution in [0.2, 0.25) is 0 Å². The molecule has 0 spiro atoms. The van der Waals surface area contributed by atoms with Gasteiger partial charge in [-0.1, -0.05) is 19.1 Å². The number of methoxy groups -OCH3 is 1. The molecule has 0 aromatic heterocycles. The van der Waals surface area contributed by atoms with E-state index < -0.39 is 0 Å². The molecule has 7 heteroatoms. The third-order valence-corrected chi connectivity index (χ3v) is 4.06. The van der Waals surface area contributed by atoms with Crippen LogP contribution in [-0.4, -0.2) is 37.4 Å². The minimum absolute atomic E-state index is 0.0858. The monoisotopic (exact) mass is 389 g/mol. The number of ether oxygens (including phenoxy) is 2. The van der Waals surface area contributed by atoms with Gasteiger partial charge >= 0.3 is 0 Å². The largest absolute Gasteiger partial charge is 0.504 e. The average Bonchev–Trinajstić information content (AvgIpc) is 2.69. The highest BCUT2D eigenvalue weighted by Crippen LogP contribution is 2.26. The van der Waals surface area contributed by atoms with Gasteiger partial charge in [0.15, 0.2) is 17.5 Å². The van der Waals surface area contributed by atoms with Crippen molar-refractivity contribution in [1.29, 1.82) is 0 Å². The lowest BCUT2D eigenvalue weighted by Crippen LogP contribution is -2.42.